The van der Waals surface area contributed by atoms with Gasteiger partial charge >= 0.3 is 0 Å². The van der Waals surface area contributed by atoms with E-state index in [9.17, 15) is 9.65 Å². The Morgan fingerprint density at radius 3 is 2.66 bits per heavy atom. The van der Waals surface area contributed by atoms with Crippen molar-refractivity contribution in [3.8, 4) is 11.8 Å². The first-order chi connectivity index (χ1) is 14.2. The number of hydrogen-bond donors (Lipinski definition) is 0. The van der Waals surface area contributed by atoms with Gasteiger partial charge in [-0.25, -0.2) is 9.37 Å². The van der Waals surface area contributed by atoms with Crippen molar-refractivity contribution in [1.82, 2.24) is 4.98 Å². The van der Waals surface area contributed by atoms with E-state index in [1.165, 1.54) is 6.07 Å². The van der Waals surface area contributed by atoms with Crippen molar-refractivity contribution in [2.45, 2.75) is 13.3 Å². The summed E-state index contributed by atoms with van der Waals surface area (Å²) in [5.41, 5.74) is 2.01. The Labute approximate surface area is 169 Å². The number of rotatable bonds is 4. The van der Waals surface area contributed by atoms with Gasteiger partial charge in [0.2, 0.25) is 0 Å². The van der Waals surface area contributed by atoms with Crippen LogP contribution in [0, 0.1) is 17.1 Å². The number of fused-ring (bicyclic) bond motifs is 1. The highest BCUT2D eigenvalue weighted by Crippen LogP contribution is 2.28. The fourth-order valence-corrected chi connectivity index (χ4v) is 3.80. The molecule has 0 N–H and O–H groups in total. The molecule has 29 heavy (non-hydrogen) atoms. The Hall–Kier alpha value is -3.33. The van der Waals surface area contributed by atoms with Crippen LogP contribution in [0.5, 0.6) is 5.75 Å². The molecule has 0 unspecified atom stereocenters. The van der Waals surface area contributed by atoms with Crippen molar-refractivity contribution in [1.29, 1.82) is 5.26 Å². The van der Waals surface area contributed by atoms with Gasteiger partial charge in [0.1, 0.15) is 23.5 Å². The SMILES string of the molecule is CCOc1ccc2nc(N3CCCN(c4ccccc4F)CC3)c(C#N)cc2c1. The Morgan fingerprint density at radius 1 is 1.07 bits per heavy atom. The highest BCUT2D eigenvalue weighted by atomic mass is 19.1. The van der Waals surface area contributed by atoms with Crippen molar-refractivity contribution < 1.29 is 9.13 Å². The maximum absolute atomic E-state index is 14.2. The molecule has 0 radical (unpaired) electrons. The van der Waals surface area contributed by atoms with Gasteiger partial charge < -0.3 is 14.5 Å². The topological polar surface area (TPSA) is 52.4 Å². The molecule has 1 aliphatic rings. The van der Waals surface area contributed by atoms with Crippen LogP contribution >= 0.6 is 0 Å². The van der Waals surface area contributed by atoms with E-state index in [2.05, 4.69) is 15.9 Å². The zero-order valence-corrected chi connectivity index (χ0v) is 16.4. The second-order valence-corrected chi connectivity index (χ2v) is 7.04. The molecule has 2 heterocycles. The molecular formula is C23H23FN4O. The first kappa shape index (κ1) is 19.0. The van der Waals surface area contributed by atoms with Gasteiger partial charge in [-0.1, -0.05) is 12.1 Å². The average Bonchev–Trinajstić information content (AvgIpc) is 2.99. The van der Waals surface area contributed by atoms with Gasteiger partial charge in [0.05, 0.1) is 23.4 Å². The van der Waals surface area contributed by atoms with Crippen LogP contribution in [-0.2, 0) is 0 Å². The number of benzene rings is 2. The molecule has 0 atom stereocenters. The number of ether oxygens (including phenoxy) is 1. The third-order valence-electron chi connectivity index (χ3n) is 5.19. The third-order valence-corrected chi connectivity index (χ3v) is 5.19. The molecule has 1 fully saturated rings. The van der Waals surface area contributed by atoms with Gasteiger partial charge in [0, 0.05) is 31.6 Å². The van der Waals surface area contributed by atoms with Crippen molar-refractivity contribution in [3.05, 3.63) is 59.9 Å². The molecule has 0 saturated carbocycles. The van der Waals surface area contributed by atoms with Gasteiger partial charge in [-0.15, -0.1) is 0 Å². The maximum Gasteiger partial charge on any atom is 0.147 e. The van der Waals surface area contributed by atoms with Gasteiger partial charge in [-0.3, -0.25) is 0 Å². The smallest absolute Gasteiger partial charge is 0.147 e. The van der Waals surface area contributed by atoms with Crippen LogP contribution in [0.1, 0.15) is 18.9 Å². The highest BCUT2D eigenvalue weighted by molar-refractivity contribution is 5.84. The van der Waals surface area contributed by atoms with E-state index in [1.807, 2.05) is 43.3 Å². The molecule has 1 saturated heterocycles. The Balaban J connectivity index is 1.61. The summed E-state index contributed by atoms with van der Waals surface area (Å²) in [5, 5.41) is 10.6. The minimum atomic E-state index is -0.201. The first-order valence-electron chi connectivity index (χ1n) is 9.91. The standard InChI is InChI=1S/C23H23FN4O/c1-2-29-19-8-9-21-17(15-19)14-18(16-25)23(26-21)28-11-5-10-27(12-13-28)22-7-4-3-6-20(22)24/h3-4,6-9,14-15H,2,5,10-13H2,1H3. The molecule has 5 nitrogen and oxygen atoms in total. The molecule has 0 bridgehead atoms. The molecular weight excluding hydrogens is 367 g/mol. The van der Waals surface area contributed by atoms with E-state index in [1.54, 1.807) is 6.07 Å². The van der Waals surface area contributed by atoms with E-state index in [0.29, 0.717) is 36.8 Å². The summed E-state index contributed by atoms with van der Waals surface area (Å²) >= 11 is 0. The summed E-state index contributed by atoms with van der Waals surface area (Å²) < 4.78 is 19.7. The lowest BCUT2D eigenvalue weighted by Crippen LogP contribution is -2.32. The predicted molar refractivity (Wildman–Crippen MR) is 113 cm³/mol. The van der Waals surface area contributed by atoms with Crippen LogP contribution in [0.2, 0.25) is 0 Å². The quantitative estimate of drug-likeness (QED) is 0.662. The van der Waals surface area contributed by atoms with Crippen LogP contribution in [0.4, 0.5) is 15.9 Å². The number of anilines is 2. The molecule has 1 aliphatic heterocycles. The largest absolute Gasteiger partial charge is 0.494 e. The van der Waals surface area contributed by atoms with Crippen molar-refractivity contribution in [2.24, 2.45) is 0 Å². The minimum Gasteiger partial charge on any atom is -0.494 e. The van der Waals surface area contributed by atoms with Gasteiger partial charge in [-0.2, -0.15) is 5.26 Å². The molecule has 0 amide bonds. The molecule has 0 aliphatic carbocycles. The van der Waals surface area contributed by atoms with E-state index in [0.717, 1.165) is 36.2 Å². The lowest BCUT2D eigenvalue weighted by Gasteiger charge is -2.25. The number of nitriles is 1. The maximum atomic E-state index is 14.2. The zero-order chi connectivity index (χ0) is 20.2. The van der Waals surface area contributed by atoms with Crippen LogP contribution in [0.25, 0.3) is 10.9 Å². The number of aromatic nitrogens is 1. The molecule has 3 aromatic rings. The number of hydrogen-bond acceptors (Lipinski definition) is 5. The van der Waals surface area contributed by atoms with Crippen molar-refractivity contribution in [3.63, 3.8) is 0 Å². The van der Waals surface area contributed by atoms with E-state index < -0.39 is 0 Å². The van der Waals surface area contributed by atoms with Crippen LogP contribution in [-0.4, -0.2) is 37.8 Å². The predicted octanol–water partition coefficient (Wildman–Crippen LogP) is 4.36. The van der Waals surface area contributed by atoms with Crippen LogP contribution < -0.4 is 14.5 Å². The van der Waals surface area contributed by atoms with Crippen molar-refractivity contribution in [2.75, 3.05) is 42.6 Å². The molecule has 1 aromatic heterocycles. The monoisotopic (exact) mass is 390 g/mol. The number of pyridine rings is 1. The van der Waals surface area contributed by atoms with Gasteiger partial charge in [-0.05, 0) is 49.7 Å². The van der Waals surface area contributed by atoms with E-state index in [4.69, 9.17) is 9.72 Å². The van der Waals surface area contributed by atoms with Crippen LogP contribution in [0.3, 0.4) is 0 Å². The second-order valence-electron chi connectivity index (χ2n) is 7.04. The van der Waals surface area contributed by atoms with Crippen molar-refractivity contribution >= 4 is 22.4 Å². The van der Waals surface area contributed by atoms with Crippen LogP contribution in [0.15, 0.2) is 48.5 Å². The minimum absolute atomic E-state index is 0.201. The summed E-state index contributed by atoms with van der Waals surface area (Å²) in [6.07, 6.45) is 0.863. The average molecular weight is 390 g/mol. The summed E-state index contributed by atoms with van der Waals surface area (Å²) in [6, 6.07) is 16.8. The summed E-state index contributed by atoms with van der Waals surface area (Å²) in [6.45, 7) is 5.43. The molecule has 0 spiro atoms. The molecule has 2 aromatic carbocycles. The molecule has 4 rings (SSSR count). The summed E-state index contributed by atoms with van der Waals surface area (Å²) in [5.74, 6) is 1.26. The lowest BCUT2D eigenvalue weighted by molar-refractivity contribution is 0.340. The summed E-state index contributed by atoms with van der Waals surface area (Å²) in [7, 11) is 0. The zero-order valence-electron chi connectivity index (χ0n) is 16.4. The second kappa shape index (κ2) is 8.36. The van der Waals surface area contributed by atoms with E-state index >= 15 is 0 Å². The fraction of sp³-hybridized carbons (Fsp3) is 0.304. The third kappa shape index (κ3) is 3.95. The molecule has 148 valence electrons. The number of halogens is 1. The van der Waals surface area contributed by atoms with E-state index in [-0.39, 0.29) is 5.82 Å². The van der Waals surface area contributed by atoms with Gasteiger partial charge in [0.15, 0.2) is 0 Å². The fourth-order valence-electron chi connectivity index (χ4n) is 3.80. The van der Waals surface area contributed by atoms with Gasteiger partial charge in [0.25, 0.3) is 0 Å². The first-order valence-corrected chi connectivity index (χ1v) is 9.91. The summed E-state index contributed by atoms with van der Waals surface area (Å²) in [4.78, 5) is 8.98. The number of nitrogens with zero attached hydrogens (tertiary/aromatic N) is 4. The normalized spacial score (nSPS) is 14.5. The lowest BCUT2D eigenvalue weighted by atomic mass is 10.1. The Bertz CT molecular complexity index is 1060. The molecule has 6 heteroatoms. The Morgan fingerprint density at radius 2 is 1.86 bits per heavy atom. The highest BCUT2D eigenvalue weighted by Gasteiger charge is 2.21. The number of para-hydroxylation sites is 1. The Kier molecular flexibility index (Phi) is 5.48.